The van der Waals surface area contributed by atoms with Gasteiger partial charge in [0.2, 0.25) is 0 Å². The van der Waals surface area contributed by atoms with Gasteiger partial charge in [-0.05, 0) is 18.2 Å². The Kier molecular flexibility index (Phi) is 5.11. The van der Waals surface area contributed by atoms with E-state index in [4.69, 9.17) is 20.3 Å². The lowest BCUT2D eigenvalue weighted by molar-refractivity contribution is -0.136. The third-order valence-electron chi connectivity index (χ3n) is 2.02. The highest BCUT2D eigenvalue weighted by molar-refractivity contribution is 8.00. The number of benzene rings is 1. The lowest BCUT2D eigenvalue weighted by Gasteiger charge is -2.13. The van der Waals surface area contributed by atoms with Crippen molar-refractivity contribution >= 4 is 17.7 Å². The van der Waals surface area contributed by atoms with Crippen LogP contribution in [0.25, 0.3) is 0 Å². The summed E-state index contributed by atoms with van der Waals surface area (Å²) in [6.07, 6.45) is -0.106. The fraction of sp³-hybridized carbons (Fsp3) is 0.364. The van der Waals surface area contributed by atoms with Crippen LogP contribution in [0.1, 0.15) is 6.42 Å². The van der Waals surface area contributed by atoms with Gasteiger partial charge in [0.15, 0.2) is 0 Å². The molecule has 0 heterocycles. The molecule has 0 aromatic heterocycles. The van der Waals surface area contributed by atoms with Gasteiger partial charge in [0.25, 0.3) is 0 Å². The monoisotopic (exact) mass is 257 g/mol. The number of methoxy groups -OCH3 is 2. The van der Waals surface area contributed by atoms with Crippen LogP contribution in [0.15, 0.2) is 23.1 Å². The van der Waals surface area contributed by atoms with Gasteiger partial charge >= 0.3 is 5.97 Å². The van der Waals surface area contributed by atoms with Gasteiger partial charge in [-0.3, -0.25) is 4.79 Å². The molecule has 1 unspecified atom stereocenters. The molecule has 0 fully saturated rings. The quantitative estimate of drug-likeness (QED) is 0.594. The molecular formula is C11H15NO4S. The molecule has 1 aromatic carbocycles. The van der Waals surface area contributed by atoms with Crippen molar-refractivity contribution in [2.45, 2.75) is 16.7 Å². The molecule has 0 aliphatic rings. The summed E-state index contributed by atoms with van der Waals surface area (Å²) in [6, 6.07) is 5.30. The summed E-state index contributed by atoms with van der Waals surface area (Å²) in [5.41, 5.74) is 5.71. The van der Waals surface area contributed by atoms with Crippen LogP contribution >= 0.6 is 11.8 Å². The molecule has 0 aliphatic carbocycles. The van der Waals surface area contributed by atoms with E-state index in [2.05, 4.69) is 0 Å². The highest BCUT2D eigenvalue weighted by atomic mass is 32.2. The van der Waals surface area contributed by atoms with Crippen molar-refractivity contribution < 1.29 is 19.4 Å². The highest BCUT2D eigenvalue weighted by Crippen LogP contribution is 2.34. The molecule has 0 saturated heterocycles. The van der Waals surface area contributed by atoms with Crippen LogP contribution in [0.3, 0.4) is 0 Å². The summed E-state index contributed by atoms with van der Waals surface area (Å²) in [6.45, 7) is 0. The third-order valence-corrected chi connectivity index (χ3v) is 3.07. The number of hydrogen-bond acceptors (Lipinski definition) is 5. The first-order valence-corrected chi connectivity index (χ1v) is 5.81. The first-order chi connectivity index (χ1) is 8.06. The Hall–Kier alpha value is -1.40. The maximum absolute atomic E-state index is 10.5. The summed E-state index contributed by atoms with van der Waals surface area (Å²) >= 11 is 1.24. The van der Waals surface area contributed by atoms with Crippen LogP contribution in [0.2, 0.25) is 0 Å². The summed E-state index contributed by atoms with van der Waals surface area (Å²) < 4.78 is 10.3. The predicted molar refractivity (Wildman–Crippen MR) is 65.6 cm³/mol. The van der Waals surface area contributed by atoms with Gasteiger partial charge in [0, 0.05) is 0 Å². The molecule has 1 aromatic rings. The van der Waals surface area contributed by atoms with Gasteiger partial charge in [-0.1, -0.05) is 0 Å². The second-order valence-corrected chi connectivity index (χ2v) is 4.55. The maximum Gasteiger partial charge on any atom is 0.305 e. The zero-order chi connectivity index (χ0) is 12.8. The number of carbonyl (C=O) groups is 1. The van der Waals surface area contributed by atoms with E-state index in [9.17, 15) is 4.79 Å². The van der Waals surface area contributed by atoms with Gasteiger partial charge in [-0.2, -0.15) is 0 Å². The van der Waals surface area contributed by atoms with Gasteiger partial charge in [-0.25, -0.2) is 0 Å². The molecular weight excluding hydrogens is 242 g/mol. The van der Waals surface area contributed by atoms with Crippen molar-refractivity contribution in [3.63, 3.8) is 0 Å². The Morgan fingerprint density at radius 1 is 1.47 bits per heavy atom. The zero-order valence-electron chi connectivity index (χ0n) is 9.67. The Morgan fingerprint density at radius 3 is 2.71 bits per heavy atom. The van der Waals surface area contributed by atoms with Gasteiger partial charge in [-0.15, -0.1) is 11.8 Å². The Bertz CT molecular complexity index is 397. The van der Waals surface area contributed by atoms with E-state index < -0.39 is 11.3 Å². The van der Waals surface area contributed by atoms with Crippen LogP contribution in [-0.2, 0) is 4.79 Å². The number of carboxylic acid groups (broad SMARTS) is 1. The average Bonchev–Trinajstić information content (AvgIpc) is 2.27. The minimum atomic E-state index is -0.924. The smallest absolute Gasteiger partial charge is 0.305 e. The van der Waals surface area contributed by atoms with E-state index in [0.29, 0.717) is 11.5 Å². The highest BCUT2D eigenvalue weighted by Gasteiger charge is 2.13. The SMILES string of the molecule is COc1ccc(OC)c(SC(N)CC(=O)O)c1. The average molecular weight is 257 g/mol. The minimum absolute atomic E-state index is 0.106. The molecule has 0 saturated carbocycles. The number of carboxylic acids is 1. The normalized spacial score (nSPS) is 11.9. The van der Waals surface area contributed by atoms with E-state index in [-0.39, 0.29) is 6.42 Å². The molecule has 0 bridgehead atoms. The molecule has 6 heteroatoms. The standard InChI is InChI=1S/C11H15NO4S/c1-15-7-3-4-8(16-2)9(5-7)17-10(12)6-11(13)14/h3-5,10H,6,12H2,1-2H3,(H,13,14). The van der Waals surface area contributed by atoms with E-state index in [1.807, 2.05) is 0 Å². The molecule has 3 N–H and O–H groups in total. The van der Waals surface area contributed by atoms with Crippen LogP contribution < -0.4 is 15.2 Å². The van der Waals surface area contributed by atoms with E-state index >= 15 is 0 Å². The van der Waals surface area contributed by atoms with Crippen LogP contribution in [-0.4, -0.2) is 30.7 Å². The van der Waals surface area contributed by atoms with Gasteiger partial charge < -0.3 is 20.3 Å². The zero-order valence-corrected chi connectivity index (χ0v) is 10.5. The molecule has 94 valence electrons. The number of ether oxygens (including phenoxy) is 2. The topological polar surface area (TPSA) is 81.8 Å². The molecule has 0 spiro atoms. The summed E-state index contributed by atoms with van der Waals surface area (Å²) in [5, 5.41) is 8.12. The van der Waals surface area contributed by atoms with Crippen molar-refractivity contribution in [3.05, 3.63) is 18.2 Å². The minimum Gasteiger partial charge on any atom is -0.497 e. The Labute approximate surface area is 104 Å². The second kappa shape index (κ2) is 6.36. The molecule has 0 aliphatic heterocycles. The first kappa shape index (κ1) is 13.7. The maximum atomic E-state index is 10.5. The molecule has 1 atom stereocenters. The van der Waals surface area contributed by atoms with Gasteiger partial charge in [0.1, 0.15) is 11.5 Å². The van der Waals surface area contributed by atoms with Crippen molar-refractivity contribution in [2.75, 3.05) is 14.2 Å². The van der Waals surface area contributed by atoms with Crippen molar-refractivity contribution in [3.8, 4) is 11.5 Å². The lowest BCUT2D eigenvalue weighted by atomic mass is 10.3. The van der Waals surface area contributed by atoms with Crippen molar-refractivity contribution in [2.24, 2.45) is 5.73 Å². The molecule has 1 rings (SSSR count). The number of aliphatic carboxylic acids is 1. The van der Waals surface area contributed by atoms with Crippen LogP contribution in [0.4, 0.5) is 0 Å². The molecule has 0 amide bonds. The Morgan fingerprint density at radius 2 is 2.18 bits per heavy atom. The fourth-order valence-corrected chi connectivity index (χ4v) is 2.26. The van der Waals surface area contributed by atoms with Crippen LogP contribution in [0.5, 0.6) is 11.5 Å². The lowest BCUT2D eigenvalue weighted by Crippen LogP contribution is -2.19. The van der Waals surface area contributed by atoms with E-state index in [1.54, 1.807) is 32.4 Å². The van der Waals surface area contributed by atoms with Gasteiger partial charge in [0.05, 0.1) is 30.9 Å². The van der Waals surface area contributed by atoms with Crippen molar-refractivity contribution in [1.29, 1.82) is 0 Å². The second-order valence-electron chi connectivity index (χ2n) is 3.27. The number of nitrogens with two attached hydrogens (primary N) is 1. The predicted octanol–water partition coefficient (Wildman–Crippen LogP) is 1.56. The molecule has 0 radical (unpaired) electrons. The van der Waals surface area contributed by atoms with E-state index in [0.717, 1.165) is 4.90 Å². The van der Waals surface area contributed by atoms with Crippen molar-refractivity contribution in [1.82, 2.24) is 0 Å². The molecule has 17 heavy (non-hydrogen) atoms. The Balaban J connectivity index is 2.83. The fourth-order valence-electron chi connectivity index (χ4n) is 1.25. The summed E-state index contributed by atoms with van der Waals surface area (Å²) in [7, 11) is 3.11. The number of rotatable bonds is 6. The first-order valence-electron chi connectivity index (χ1n) is 4.93. The molecule has 5 nitrogen and oxygen atoms in total. The van der Waals surface area contributed by atoms with Crippen LogP contribution in [0, 0.1) is 0 Å². The summed E-state index contributed by atoms with van der Waals surface area (Å²) in [4.78, 5) is 11.3. The number of hydrogen-bond donors (Lipinski definition) is 2. The largest absolute Gasteiger partial charge is 0.497 e. The summed E-state index contributed by atoms with van der Waals surface area (Å²) in [5.74, 6) is 0.402. The van der Waals surface area contributed by atoms with E-state index in [1.165, 1.54) is 11.8 Å². The number of thioether (sulfide) groups is 1. The third kappa shape index (κ3) is 4.16.